The van der Waals surface area contributed by atoms with Gasteiger partial charge < -0.3 is 9.80 Å². The molecule has 2 heterocycles. The summed E-state index contributed by atoms with van der Waals surface area (Å²) in [6.45, 7) is 15.9. The van der Waals surface area contributed by atoms with Gasteiger partial charge in [-0.15, -0.1) is 0 Å². The van der Waals surface area contributed by atoms with Crippen molar-refractivity contribution in [1.82, 2.24) is 9.88 Å². The summed E-state index contributed by atoms with van der Waals surface area (Å²) < 4.78 is 0. The number of benzene rings is 1. The molecule has 1 saturated heterocycles. The Labute approximate surface area is 163 Å². The highest BCUT2D eigenvalue weighted by Gasteiger charge is 2.33. The molecular weight excluding hydrogens is 334 g/mol. The summed E-state index contributed by atoms with van der Waals surface area (Å²) >= 11 is 0. The van der Waals surface area contributed by atoms with Crippen molar-refractivity contribution in [3.05, 3.63) is 66.5 Å². The molecule has 2 atom stereocenters. The molecule has 4 nitrogen and oxygen atoms in total. The monoisotopic (exact) mass is 365 g/mol. The van der Waals surface area contributed by atoms with Crippen molar-refractivity contribution >= 4 is 17.2 Å². The number of pyridine rings is 1. The van der Waals surface area contributed by atoms with Gasteiger partial charge in [0.1, 0.15) is 0 Å². The van der Waals surface area contributed by atoms with Gasteiger partial charge in [0.2, 0.25) is 0 Å². The molecule has 1 amide bonds. The van der Waals surface area contributed by atoms with Crippen molar-refractivity contribution in [1.29, 1.82) is 0 Å². The quantitative estimate of drug-likeness (QED) is 0.778. The molecule has 0 spiro atoms. The first-order valence-corrected chi connectivity index (χ1v) is 9.71. The number of carbonyl (C=O) groups excluding carboxylic acids is 1. The lowest BCUT2D eigenvalue weighted by Crippen LogP contribution is -2.58. The number of hydrogen-bond donors (Lipinski definition) is 0. The Morgan fingerprint density at radius 3 is 1.96 bits per heavy atom. The van der Waals surface area contributed by atoms with E-state index in [-0.39, 0.29) is 18.0 Å². The number of nitrogens with zero attached hydrogens (tertiary/aromatic N) is 3. The molecule has 0 aliphatic carbocycles. The zero-order valence-corrected chi connectivity index (χ0v) is 17.1. The van der Waals surface area contributed by atoms with Crippen molar-refractivity contribution in [2.45, 2.75) is 46.7 Å². The lowest BCUT2D eigenvalue weighted by molar-refractivity contribution is 0.0574. The van der Waals surface area contributed by atoms with E-state index in [1.807, 2.05) is 25.7 Å². The number of piperazine rings is 1. The summed E-state index contributed by atoms with van der Waals surface area (Å²) in [6, 6.07) is 12.4. The minimum absolute atomic E-state index is 0.0830. The van der Waals surface area contributed by atoms with Crippen LogP contribution in [0.2, 0.25) is 0 Å². The zero-order valence-electron chi connectivity index (χ0n) is 17.1. The Balaban J connectivity index is 0.00000126. The Morgan fingerprint density at radius 2 is 1.48 bits per heavy atom. The molecule has 3 rings (SSSR count). The maximum atomic E-state index is 12.9. The number of amides is 1. The normalized spacial score (nSPS) is 19.1. The Hall–Kier alpha value is -2.62. The second kappa shape index (κ2) is 9.36. The predicted octanol–water partition coefficient (Wildman–Crippen LogP) is 4.88. The summed E-state index contributed by atoms with van der Waals surface area (Å²) in [7, 11) is 0. The zero-order chi connectivity index (χ0) is 20.0. The third kappa shape index (κ3) is 4.76. The molecule has 0 radical (unpaired) electrons. The van der Waals surface area contributed by atoms with Crippen LogP contribution < -0.4 is 4.90 Å². The van der Waals surface area contributed by atoms with Crippen LogP contribution in [0.3, 0.4) is 0 Å². The molecule has 0 N–H and O–H groups in total. The van der Waals surface area contributed by atoms with Crippen LogP contribution in [-0.4, -0.2) is 41.0 Å². The van der Waals surface area contributed by atoms with E-state index in [0.717, 1.165) is 24.2 Å². The maximum absolute atomic E-state index is 12.9. The lowest BCUT2D eigenvalue weighted by Gasteiger charge is -2.45. The summed E-state index contributed by atoms with van der Waals surface area (Å²) in [5, 5.41) is 0. The Kier molecular flexibility index (Phi) is 7.17. The highest BCUT2D eigenvalue weighted by molar-refractivity contribution is 5.94. The smallest absolute Gasteiger partial charge is 0.254 e. The fourth-order valence-electron chi connectivity index (χ4n) is 3.53. The third-order valence-electron chi connectivity index (χ3n) is 4.81. The van der Waals surface area contributed by atoms with Crippen molar-refractivity contribution in [3.8, 4) is 0 Å². The van der Waals surface area contributed by atoms with Crippen molar-refractivity contribution in [2.24, 2.45) is 0 Å². The van der Waals surface area contributed by atoms with E-state index in [2.05, 4.69) is 54.6 Å². The Bertz CT molecular complexity index is 743. The molecule has 0 saturated carbocycles. The number of aromatic nitrogens is 1. The van der Waals surface area contributed by atoms with E-state index in [9.17, 15) is 4.79 Å². The molecule has 0 unspecified atom stereocenters. The second-order valence-electron chi connectivity index (χ2n) is 6.88. The van der Waals surface area contributed by atoms with Gasteiger partial charge in [0.25, 0.3) is 5.91 Å². The molecule has 1 aliphatic rings. The number of anilines is 1. The topological polar surface area (TPSA) is 36.4 Å². The van der Waals surface area contributed by atoms with Gasteiger partial charge in [0, 0.05) is 48.8 Å². The minimum Gasteiger partial charge on any atom is -0.367 e. The van der Waals surface area contributed by atoms with E-state index in [1.54, 1.807) is 24.5 Å². The van der Waals surface area contributed by atoms with E-state index >= 15 is 0 Å². The fourth-order valence-corrected chi connectivity index (χ4v) is 3.53. The summed E-state index contributed by atoms with van der Waals surface area (Å²) in [5.41, 5.74) is 4.13. The van der Waals surface area contributed by atoms with Gasteiger partial charge in [-0.05, 0) is 50.6 Å². The maximum Gasteiger partial charge on any atom is 0.254 e. The molecule has 27 heavy (non-hydrogen) atoms. The molecule has 1 aromatic heterocycles. The van der Waals surface area contributed by atoms with E-state index in [1.165, 1.54) is 5.69 Å². The first kappa shape index (κ1) is 20.7. The Morgan fingerprint density at radius 1 is 0.963 bits per heavy atom. The van der Waals surface area contributed by atoms with E-state index in [0.29, 0.717) is 5.56 Å². The summed E-state index contributed by atoms with van der Waals surface area (Å²) in [6.07, 6.45) is 3.34. The van der Waals surface area contributed by atoms with Crippen LogP contribution >= 0.6 is 0 Å². The molecule has 2 aromatic rings. The number of allylic oxidation sites excluding steroid dienone is 1. The van der Waals surface area contributed by atoms with Gasteiger partial charge in [-0.25, -0.2) is 0 Å². The van der Waals surface area contributed by atoms with Crippen molar-refractivity contribution in [2.75, 3.05) is 18.0 Å². The molecule has 0 bridgehead atoms. The number of carbonyl (C=O) groups is 1. The lowest BCUT2D eigenvalue weighted by atomic mass is 10.0. The van der Waals surface area contributed by atoms with Crippen LogP contribution in [0.1, 0.15) is 50.5 Å². The van der Waals surface area contributed by atoms with E-state index < -0.39 is 0 Å². The van der Waals surface area contributed by atoms with Crippen LogP contribution in [0.5, 0.6) is 0 Å². The van der Waals surface area contributed by atoms with Crippen LogP contribution in [0.4, 0.5) is 5.69 Å². The SMILES string of the molecule is C=C(C)c1ccc(N2C[C@@H](C)N(C(=O)c3ccncc3)[C@@H](C)C2)cc1.CC. The highest BCUT2D eigenvalue weighted by atomic mass is 16.2. The third-order valence-corrected chi connectivity index (χ3v) is 4.81. The van der Waals surface area contributed by atoms with Gasteiger partial charge in [-0.1, -0.05) is 38.1 Å². The van der Waals surface area contributed by atoms with Crippen LogP contribution in [-0.2, 0) is 0 Å². The van der Waals surface area contributed by atoms with E-state index in [4.69, 9.17) is 0 Å². The molecular formula is C23H31N3O. The van der Waals surface area contributed by atoms with Crippen LogP contribution in [0.15, 0.2) is 55.4 Å². The highest BCUT2D eigenvalue weighted by Crippen LogP contribution is 2.25. The molecule has 1 fully saturated rings. The summed E-state index contributed by atoms with van der Waals surface area (Å²) in [5.74, 6) is 0.0830. The van der Waals surface area contributed by atoms with Gasteiger partial charge in [-0.2, -0.15) is 0 Å². The first-order chi connectivity index (χ1) is 13.0. The molecule has 1 aliphatic heterocycles. The number of hydrogen-bond acceptors (Lipinski definition) is 3. The second-order valence-corrected chi connectivity index (χ2v) is 6.88. The fraction of sp³-hybridized carbons (Fsp3) is 0.391. The largest absolute Gasteiger partial charge is 0.367 e. The van der Waals surface area contributed by atoms with Gasteiger partial charge in [0.05, 0.1) is 0 Å². The minimum atomic E-state index is 0.0830. The molecule has 144 valence electrons. The van der Waals surface area contributed by atoms with Crippen LogP contribution in [0, 0.1) is 0 Å². The molecule has 1 aromatic carbocycles. The standard InChI is InChI=1S/C21H25N3O.C2H6/c1-15(2)18-5-7-20(8-6-18)23-13-16(3)24(17(4)14-23)21(25)19-9-11-22-12-10-19;1-2/h5-12,16-17H,1,13-14H2,2-4H3;1-2H3/t16-,17+;. The first-order valence-electron chi connectivity index (χ1n) is 9.71. The van der Waals surface area contributed by atoms with Crippen molar-refractivity contribution < 1.29 is 4.79 Å². The van der Waals surface area contributed by atoms with Gasteiger partial charge >= 0.3 is 0 Å². The van der Waals surface area contributed by atoms with Gasteiger partial charge in [0.15, 0.2) is 0 Å². The average molecular weight is 366 g/mol. The van der Waals surface area contributed by atoms with Gasteiger partial charge in [-0.3, -0.25) is 9.78 Å². The van der Waals surface area contributed by atoms with Crippen molar-refractivity contribution in [3.63, 3.8) is 0 Å². The summed E-state index contributed by atoms with van der Waals surface area (Å²) in [4.78, 5) is 21.2. The molecule has 4 heteroatoms. The predicted molar refractivity (Wildman–Crippen MR) is 114 cm³/mol. The number of rotatable bonds is 3. The average Bonchev–Trinajstić information content (AvgIpc) is 2.69. The van der Waals surface area contributed by atoms with Crippen LogP contribution in [0.25, 0.3) is 5.57 Å².